The van der Waals surface area contributed by atoms with Gasteiger partial charge in [-0.2, -0.15) is 14.0 Å². The van der Waals surface area contributed by atoms with Crippen LogP contribution in [-0.4, -0.2) is 16.8 Å². The number of aromatic nitrogens is 2. The highest BCUT2D eigenvalue weighted by Gasteiger charge is 2.10. The Labute approximate surface area is 146 Å². The van der Waals surface area contributed by atoms with Gasteiger partial charge in [-0.05, 0) is 42.0 Å². The number of benzene rings is 2. The summed E-state index contributed by atoms with van der Waals surface area (Å²) in [5.41, 5.74) is 2.24. The van der Waals surface area contributed by atoms with Crippen molar-refractivity contribution in [2.24, 2.45) is 0 Å². The molecule has 126 valence electrons. The first-order valence-corrected chi connectivity index (χ1v) is 8.13. The van der Waals surface area contributed by atoms with E-state index in [1.54, 1.807) is 24.3 Å². The molecule has 0 unspecified atom stereocenters. The number of hydrogen-bond acceptors (Lipinski definition) is 6. The first-order chi connectivity index (χ1) is 12.1. The topological polar surface area (TPSA) is 71.9 Å². The molecule has 0 fully saturated rings. The quantitative estimate of drug-likeness (QED) is 0.603. The van der Waals surface area contributed by atoms with Gasteiger partial charge in [-0.25, -0.2) is 0 Å². The lowest BCUT2D eigenvalue weighted by atomic mass is 10.2. The van der Waals surface area contributed by atoms with Crippen LogP contribution in [0.2, 0.25) is 0 Å². The molecule has 0 saturated heterocycles. The summed E-state index contributed by atoms with van der Waals surface area (Å²) < 4.78 is 34.1. The highest BCUT2D eigenvalue weighted by Crippen LogP contribution is 2.27. The van der Waals surface area contributed by atoms with Crippen LogP contribution in [0.4, 0.5) is 8.78 Å². The van der Waals surface area contributed by atoms with Gasteiger partial charge in [-0.15, -0.1) is 10.2 Å². The van der Waals surface area contributed by atoms with E-state index in [4.69, 9.17) is 9.68 Å². The molecule has 0 atom stereocenters. The lowest BCUT2D eigenvalue weighted by Gasteiger charge is -2.03. The van der Waals surface area contributed by atoms with Gasteiger partial charge < -0.3 is 9.15 Å². The lowest BCUT2D eigenvalue weighted by molar-refractivity contribution is -0.0498. The maximum Gasteiger partial charge on any atom is 0.387 e. The number of halogens is 2. The monoisotopic (exact) mass is 359 g/mol. The fourth-order valence-electron chi connectivity index (χ4n) is 1.98. The molecular formula is C17H11F2N3O2S. The molecule has 0 aliphatic heterocycles. The molecule has 1 heterocycles. The van der Waals surface area contributed by atoms with E-state index in [1.807, 2.05) is 12.1 Å². The lowest BCUT2D eigenvalue weighted by Crippen LogP contribution is -2.01. The zero-order valence-corrected chi connectivity index (χ0v) is 13.5. The largest absolute Gasteiger partial charge is 0.435 e. The Balaban J connectivity index is 1.62. The zero-order chi connectivity index (χ0) is 17.6. The Bertz CT molecular complexity index is 874. The van der Waals surface area contributed by atoms with E-state index in [9.17, 15) is 8.78 Å². The van der Waals surface area contributed by atoms with Crippen molar-refractivity contribution in [1.29, 1.82) is 5.26 Å². The third-order valence-electron chi connectivity index (χ3n) is 3.18. The molecule has 1 aromatic heterocycles. The maximum atomic E-state index is 12.1. The molecule has 3 rings (SSSR count). The second-order valence-electron chi connectivity index (χ2n) is 4.87. The molecule has 0 spiro atoms. The van der Waals surface area contributed by atoms with Gasteiger partial charge in [0.15, 0.2) is 0 Å². The summed E-state index contributed by atoms with van der Waals surface area (Å²) in [4.78, 5) is 0. The average Bonchev–Trinajstić information content (AvgIpc) is 3.09. The third kappa shape index (κ3) is 4.55. The zero-order valence-electron chi connectivity index (χ0n) is 12.7. The van der Waals surface area contributed by atoms with E-state index in [1.165, 1.54) is 23.9 Å². The van der Waals surface area contributed by atoms with Crippen molar-refractivity contribution in [1.82, 2.24) is 10.2 Å². The van der Waals surface area contributed by atoms with E-state index in [2.05, 4.69) is 21.0 Å². The summed E-state index contributed by atoms with van der Waals surface area (Å²) in [6.45, 7) is -2.86. The molecule has 25 heavy (non-hydrogen) atoms. The Morgan fingerprint density at radius 1 is 1.08 bits per heavy atom. The SMILES string of the molecule is N#Cc1ccc(CSc2nnc(-c3ccc(OC(F)F)cc3)o2)cc1. The average molecular weight is 359 g/mol. The highest BCUT2D eigenvalue weighted by atomic mass is 32.2. The number of nitrogens with zero attached hydrogens (tertiary/aromatic N) is 3. The number of alkyl halides is 2. The number of rotatable bonds is 6. The molecule has 0 bridgehead atoms. The second-order valence-corrected chi connectivity index (χ2v) is 5.80. The van der Waals surface area contributed by atoms with Crippen LogP contribution in [0.1, 0.15) is 11.1 Å². The number of thioether (sulfide) groups is 1. The van der Waals surface area contributed by atoms with E-state index >= 15 is 0 Å². The molecule has 0 radical (unpaired) electrons. The van der Waals surface area contributed by atoms with Crippen LogP contribution >= 0.6 is 11.8 Å². The third-order valence-corrected chi connectivity index (χ3v) is 4.07. The van der Waals surface area contributed by atoms with Crippen LogP contribution in [0.5, 0.6) is 5.75 Å². The van der Waals surface area contributed by atoms with Gasteiger partial charge in [-0.3, -0.25) is 0 Å². The van der Waals surface area contributed by atoms with Gasteiger partial charge >= 0.3 is 6.61 Å². The van der Waals surface area contributed by atoms with Gasteiger partial charge in [0, 0.05) is 11.3 Å². The van der Waals surface area contributed by atoms with Crippen molar-refractivity contribution in [2.75, 3.05) is 0 Å². The Kier molecular flexibility index (Phi) is 5.26. The minimum Gasteiger partial charge on any atom is -0.435 e. The normalized spacial score (nSPS) is 10.6. The maximum absolute atomic E-state index is 12.1. The summed E-state index contributed by atoms with van der Waals surface area (Å²) in [6.07, 6.45) is 0. The smallest absolute Gasteiger partial charge is 0.387 e. The Hall–Kier alpha value is -2.92. The van der Waals surface area contributed by atoms with Crippen molar-refractivity contribution in [3.8, 4) is 23.3 Å². The molecule has 8 heteroatoms. The Morgan fingerprint density at radius 2 is 1.80 bits per heavy atom. The molecule has 3 aromatic rings. The van der Waals surface area contributed by atoms with Crippen LogP contribution in [-0.2, 0) is 5.75 Å². The number of hydrogen-bond donors (Lipinski definition) is 0. The van der Waals surface area contributed by atoms with Crippen molar-refractivity contribution in [3.63, 3.8) is 0 Å². The van der Waals surface area contributed by atoms with Gasteiger partial charge in [0.2, 0.25) is 5.89 Å². The highest BCUT2D eigenvalue weighted by molar-refractivity contribution is 7.98. The van der Waals surface area contributed by atoms with E-state index < -0.39 is 6.61 Å². The fourth-order valence-corrected chi connectivity index (χ4v) is 2.70. The van der Waals surface area contributed by atoms with Gasteiger partial charge in [0.1, 0.15) is 5.75 Å². The minimum absolute atomic E-state index is 0.0636. The summed E-state index contributed by atoms with van der Waals surface area (Å²) in [5, 5.41) is 17.1. The first-order valence-electron chi connectivity index (χ1n) is 7.14. The van der Waals surface area contributed by atoms with Gasteiger partial charge in [0.25, 0.3) is 5.22 Å². The van der Waals surface area contributed by atoms with E-state index in [-0.39, 0.29) is 5.75 Å². The van der Waals surface area contributed by atoms with Crippen molar-refractivity contribution < 1.29 is 17.9 Å². The number of nitriles is 1. The fraction of sp³-hybridized carbons (Fsp3) is 0.118. The van der Waals surface area contributed by atoms with Crippen LogP contribution in [0.3, 0.4) is 0 Å². The standard InChI is InChI=1S/C17H11F2N3O2S/c18-16(19)23-14-7-5-13(6-8-14)15-21-22-17(24-15)25-10-12-3-1-11(9-20)2-4-12/h1-8,16H,10H2. The van der Waals surface area contributed by atoms with Crippen molar-refractivity contribution in [3.05, 3.63) is 59.7 Å². The van der Waals surface area contributed by atoms with Crippen molar-refractivity contribution in [2.45, 2.75) is 17.6 Å². The molecule has 0 N–H and O–H groups in total. The summed E-state index contributed by atoms with van der Waals surface area (Å²) in [7, 11) is 0. The Morgan fingerprint density at radius 3 is 2.44 bits per heavy atom. The van der Waals surface area contributed by atoms with Crippen LogP contribution < -0.4 is 4.74 Å². The molecule has 0 amide bonds. The first kappa shape index (κ1) is 16.9. The van der Waals surface area contributed by atoms with Crippen molar-refractivity contribution >= 4 is 11.8 Å². The molecule has 0 aliphatic carbocycles. The molecule has 0 saturated carbocycles. The van der Waals surface area contributed by atoms with Gasteiger partial charge in [0.05, 0.1) is 11.6 Å². The molecule has 2 aromatic carbocycles. The van der Waals surface area contributed by atoms with Crippen LogP contribution in [0.25, 0.3) is 11.5 Å². The molecule has 0 aliphatic rings. The predicted molar refractivity (Wildman–Crippen MR) is 87.1 cm³/mol. The number of ether oxygens (including phenoxy) is 1. The van der Waals surface area contributed by atoms with Crippen LogP contribution in [0.15, 0.2) is 58.2 Å². The molecule has 5 nitrogen and oxygen atoms in total. The van der Waals surface area contributed by atoms with Crippen LogP contribution in [0, 0.1) is 11.3 Å². The summed E-state index contributed by atoms with van der Waals surface area (Å²) in [6, 6.07) is 15.3. The summed E-state index contributed by atoms with van der Waals surface area (Å²) >= 11 is 1.37. The minimum atomic E-state index is -2.86. The summed E-state index contributed by atoms with van der Waals surface area (Å²) in [5.74, 6) is 0.980. The molecular weight excluding hydrogens is 348 g/mol. The van der Waals surface area contributed by atoms with Gasteiger partial charge in [-0.1, -0.05) is 23.9 Å². The van der Waals surface area contributed by atoms with E-state index in [0.717, 1.165) is 5.56 Å². The second kappa shape index (κ2) is 7.77. The van der Waals surface area contributed by atoms with E-state index in [0.29, 0.717) is 28.0 Å². The predicted octanol–water partition coefficient (Wildman–Crippen LogP) is 4.50.